The van der Waals surface area contributed by atoms with Crippen molar-refractivity contribution in [2.24, 2.45) is 4.99 Å². The smallest absolute Gasteiger partial charge is 0.401 e. The number of hydrogen-bond donors (Lipinski definition) is 2. The van der Waals surface area contributed by atoms with Crippen LogP contribution in [0.3, 0.4) is 0 Å². The second kappa shape index (κ2) is 9.76. The average molecular weight is 428 g/mol. The molecule has 0 amide bonds. The third-order valence-electron chi connectivity index (χ3n) is 5.15. The van der Waals surface area contributed by atoms with Crippen LogP contribution in [0.2, 0.25) is 0 Å². The molecule has 2 heterocycles. The molecule has 6 nitrogen and oxygen atoms in total. The maximum Gasteiger partial charge on any atom is 0.401 e. The van der Waals surface area contributed by atoms with Gasteiger partial charge in [0, 0.05) is 43.2 Å². The fourth-order valence-electron chi connectivity index (χ4n) is 3.92. The Labute approximate surface area is 175 Å². The van der Waals surface area contributed by atoms with Crippen LogP contribution >= 0.6 is 0 Å². The Balaban J connectivity index is 1.67. The highest BCUT2D eigenvalue weighted by Crippen LogP contribution is 2.35. The summed E-state index contributed by atoms with van der Waals surface area (Å²) in [6.07, 6.45) is -2.51. The lowest BCUT2D eigenvalue weighted by Crippen LogP contribution is -2.45. The van der Waals surface area contributed by atoms with Gasteiger partial charge in [0.2, 0.25) is 0 Å². The molecule has 2 aliphatic rings. The lowest BCUT2D eigenvalue weighted by Gasteiger charge is -2.20. The number of rotatable bonds is 7. The van der Waals surface area contributed by atoms with Crippen LogP contribution in [0.4, 0.5) is 13.2 Å². The predicted octanol–water partition coefficient (Wildman–Crippen LogP) is 3.10. The second-order valence-electron chi connectivity index (χ2n) is 7.81. The Morgan fingerprint density at radius 3 is 2.83 bits per heavy atom. The van der Waals surface area contributed by atoms with Gasteiger partial charge in [-0.05, 0) is 39.3 Å². The zero-order chi connectivity index (χ0) is 21.7. The molecule has 1 aromatic rings. The number of ether oxygens (including phenoxy) is 2. The maximum absolute atomic E-state index is 12.6. The number of hydrogen-bond acceptors (Lipinski definition) is 4. The van der Waals surface area contributed by atoms with Crippen LogP contribution in [0, 0.1) is 0 Å². The van der Waals surface area contributed by atoms with Crippen LogP contribution in [0.15, 0.2) is 17.1 Å². The minimum Gasteiger partial charge on any atom is -0.494 e. The molecule has 0 aromatic heterocycles. The molecule has 3 rings (SSSR count). The highest BCUT2D eigenvalue weighted by molar-refractivity contribution is 5.80. The van der Waals surface area contributed by atoms with Gasteiger partial charge in [-0.25, -0.2) is 4.99 Å². The normalized spacial score (nSPS) is 22.0. The first-order valence-corrected chi connectivity index (χ1v) is 10.6. The number of nitrogens with one attached hydrogen (secondary N) is 2. The molecule has 2 aliphatic heterocycles. The molecule has 0 radical (unpaired) electrons. The molecule has 1 aromatic carbocycles. The third kappa shape index (κ3) is 6.17. The summed E-state index contributed by atoms with van der Waals surface area (Å²) in [5.74, 6) is 2.26. The molecule has 0 bridgehead atoms. The first-order valence-electron chi connectivity index (χ1n) is 10.6. The van der Waals surface area contributed by atoms with Crippen molar-refractivity contribution in [3.8, 4) is 11.5 Å². The molecule has 0 spiro atoms. The van der Waals surface area contributed by atoms with Crippen LogP contribution < -0.4 is 20.1 Å². The number of halogens is 3. The van der Waals surface area contributed by atoms with E-state index in [4.69, 9.17) is 9.47 Å². The zero-order valence-corrected chi connectivity index (χ0v) is 17.8. The summed E-state index contributed by atoms with van der Waals surface area (Å²) in [6.45, 7) is 7.43. The van der Waals surface area contributed by atoms with Crippen molar-refractivity contribution in [2.45, 2.75) is 58.5 Å². The summed E-state index contributed by atoms with van der Waals surface area (Å²) in [6, 6.07) is 3.94. The molecular weight excluding hydrogens is 397 g/mol. The van der Waals surface area contributed by atoms with E-state index in [1.54, 1.807) is 0 Å². The highest BCUT2D eigenvalue weighted by atomic mass is 19.4. The summed E-state index contributed by atoms with van der Waals surface area (Å²) in [5, 5.41) is 6.45. The van der Waals surface area contributed by atoms with Crippen LogP contribution in [0.1, 0.15) is 38.3 Å². The van der Waals surface area contributed by atoms with Crippen molar-refractivity contribution in [1.29, 1.82) is 0 Å². The zero-order valence-electron chi connectivity index (χ0n) is 17.8. The molecule has 2 unspecified atom stereocenters. The first kappa shape index (κ1) is 22.5. The van der Waals surface area contributed by atoms with Crippen molar-refractivity contribution >= 4 is 5.96 Å². The van der Waals surface area contributed by atoms with Crippen molar-refractivity contribution in [3.05, 3.63) is 23.3 Å². The summed E-state index contributed by atoms with van der Waals surface area (Å²) in [5.41, 5.74) is 2.06. The minimum absolute atomic E-state index is 0.0688. The molecule has 1 saturated heterocycles. The monoisotopic (exact) mass is 428 g/mol. The van der Waals surface area contributed by atoms with Gasteiger partial charge in [-0.15, -0.1) is 0 Å². The number of alkyl halides is 3. The first-order chi connectivity index (χ1) is 14.3. The highest BCUT2D eigenvalue weighted by Gasteiger charge is 2.34. The topological polar surface area (TPSA) is 58.1 Å². The van der Waals surface area contributed by atoms with Gasteiger partial charge < -0.3 is 20.1 Å². The summed E-state index contributed by atoms with van der Waals surface area (Å²) >= 11 is 0. The molecule has 0 saturated carbocycles. The van der Waals surface area contributed by atoms with Gasteiger partial charge in [-0.1, -0.05) is 0 Å². The quantitative estimate of drug-likeness (QED) is 0.516. The van der Waals surface area contributed by atoms with E-state index in [9.17, 15) is 13.2 Å². The van der Waals surface area contributed by atoms with Gasteiger partial charge in [-0.3, -0.25) is 4.90 Å². The van der Waals surface area contributed by atoms with Crippen LogP contribution in [0.5, 0.6) is 11.5 Å². The van der Waals surface area contributed by atoms with Gasteiger partial charge in [0.25, 0.3) is 0 Å². The predicted molar refractivity (Wildman–Crippen MR) is 110 cm³/mol. The fourth-order valence-corrected chi connectivity index (χ4v) is 3.92. The number of guanidine groups is 1. The van der Waals surface area contributed by atoms with E-state index in [-0.39, 0.29) is 12.1 Å². The fraction of sp³-hybridized carbons (Fsp3) is 0.667. The van der Waals surface area contributed by atoms with Crippen LogP contribution in [0.25, 0.3) is 0 Å². The number of aliphatic imine (C=N–C) groups is 1. The molecular formula is C21H31F3N4O2. The molecule has 2 atom stereocenters. The van der Waals surface area contributed by atoms with Crippen LogP contribution in [-0.2, 0) is 13.0 Å². The van der Waals surface area contributed by atoms with Crippen LogP contribution in [-0.4, -0.2) is 62.0 Å². The van der Waals surface area contributed by atoms with E-state index in [2.05, 4.69) is 15.6 Å². The number of nitrogens with zero attached hydrogens (tertiary/aromatic N) is 2. The SMILES string of the molecule is CCNC(=NCc1cc2c(cc1OCC)CC(C)O2)NC1CCN(CC(F)(F)F)C1. The van der Waals surface area contributed by atoms with E-state index in [0.717, 1.165) is 29.0 Å². The van der Waals surface area contributed by atoms with Gasteiger partial charge in [0.05, 0.1) is 19.7 Å². The summed E-state index contributed by atoms with van der Waals surface area (Å²) < 4.78 is 49.5. The molecule has 9 heteroatoms. The lowest BCUT2D eigenvalue weighted by molar-refractivity contribution is -0.143. The average Bonchev–Trinajstić information content (AvgIpc) is 3.23. The molecule has 2 N–H and O–H groups in total. The van der Waals surface area contributed by atoms with Gasteiger partial charge >= 0.3 is 6.18 Å². The minimum atomic E-state index is -4.17. The molecule has 1 fully saturated rings. The van der Waals surface area contributed by atoms with Crippen molar-refractivity contribution < 1.29 is 22.6 Å². The van der Waals surface area contributed by atoms with E-state index in [1.165, 1.54) is 4.90 Å². The summed E-state index contributed by atoms with van der Waals surface area (Å²) in [7, 11) is 0. The number of likely N-dealkylation sites (tertiary alicyclic amines) is 1. The van der Waals surface area contributed by atoms with Crippen molar-refractivity contribution in [1.82, 2.24) is 15.5 Å². The Hall–Kier alpha value is -2.16. The number of benzene rings is 1. The third-order valence-corrected chi connectivity index (χ3v) is 5.15. The van der Waals surface area contributed by atoms with Crippen molar-refractivity contribution in [3.63, 3.8) is 0 Å². The van der Waals surface area contributed by atoms with E-state index < -0.39 is 12.7 Å². The van der Waals surface area contributed by atoms with Gasteiger partial charge in [0.1, 0.15) is 17.6 Å². The van der Waals surface area contributed by atoms with Crippen molar-refractivity contribution in [2.75, 3.05) is 32.8 Å². The molecule has 0 aliphatic carbocycles. The number of fused-ring (bicyclic) bond motifs is 1. The second-order valence-corrected chi connectivity index (χ2v) is 7.81. The lowest BCUT2D eigenvalue weighted by atomic mass is 10.1. The largest absolute Gasteiger partial charge is 0.494 e. The van der Waals surface area contributed by atoms with Gasteiger partial charge in [0.15, 0.2) is 5.96 Å². The van der Waals surface area contributed by atoms with Gasteiger partial charge in [-0.2, -0.15) is 13.2 Å². The molecule has 168 valence electrons. The summed E-state index contributed by atoms with van der Waals surface area (Å²) in [4.78, 5) is 6.08. The Morgan fingerprint density at radius 1 is 1.33 bits per heavy atom. The Morgan fingerprint density at radius 2 is 2.13 bits per heavy atom. The van der Waals surface area contributed by atoms with E-state index in [1.807, 2.05) is 32.9 Å². The van der Waals surface area contributed by atoms with E-state index >= 15 is 0 Å². The molecule has 30 heavy (non-hydrogen) atoms. The van der Waals surface area contributed by atoms with E-state index in [0.29, 0.717) is 45.2 Å². The standard InChI is InChI=1S/C21H31F3N4O2/c1-4-25-20(27-17-6-7-28(12-17)13-21(22,23)24)26-11-16-10-19-15(8-14(3)30-19)9-18(16)29-5-2/h9-10,14,17H,4-8,11-13H2,1-3H3,(H2,25,26,27). The Kier molecular flexibility index (Phi) is 7.33. The Bertz CT molecular complexity index is 755. The maximum atomic E-state index is 12.6.